The molecule has 2 N–H and O–H groups in total. The summed E-state index contributed by atoms with van der Waals surface area (Å²) >= 11 is 0. The van der Waals surface area contributed by atoms with Crippen LogP contribution in [0.3, 0.4) is 0 Å². The van der Waals surface area contributed by atoms with Gasteiger partial charge in [-0.15, -0.1) is 0 Å². The summed E-state index contributed by atoms with van der Waals surface area (Å²) in [6.07, 6.45) is 1.63. The second-order valence-electron chi connectivity index (χ2n) is 4.77. The van der Waals surface area contributed by atoms with Gasteiger partial charge in [0.15, 0.2) is 9.84 Å². The van der Waals surface area contributed by atoms with E-state index in [9.17, 15) is 13.5 Å². The molecule has 0 aromatic rings. The topological polar surface area (TPSA) is 84.9 Å². The monoisotopic (exact) mass is 295 g/mol. The third-order valence-electron chi connectivity index (χ3n) is 3.05. The Morgan fingerprint density at radius 2 is 2.32 bits per heavy atom. The molecule has 7 heteroatoms. The molecule has 1 saturated heterocycles. The van der Waals surface area contributed by atoms with E-state index in [0.29, 0.717) is 19.7 Å². The van der Waals surface area contributed by atoms with Gasteiger partial charge in [0, 0.05) is 25.4 Å². The molecule has 1 rings (SSSR count). The highest BCUT2D eigenvalue weighted by Crippen LogP contribution is 2.11. The SMILES string of the molecule is CCS(=O)(=O)CCNCC(O)COCC1CCCO1. The Morgan fingerprint density at radius 1 is 1.53 bits per heavy atom. The van der Waals surface area contributed by atoms with E-state index in [1.54, 1.807) is 6.92 Å². The van der Waals surface area contributed by atoms with Crippen LogP contribution in [0.5, 0.6) is 0 Å². The second kappa shape index (κ2) is 8.86. The number of hydrogen-bond donors (Lipinski definition) is 2. The highest BCUT2D eigenvalue weighted by molar-refractivity contribution is 7.91. The van der Waals surface area contributed by atoms with Gasteiger partial charge in [-0.05, 0) is 12.8 Å². The maximum atomic E-state index is 11.2. The summed E-state index contributed by atoms with van der Waals surface area (Å²) in [6.45, 7) is 3.88. The second-order valence-corrected chi connectivity index (χ2v) is 7.24. The Balaban J connectivity index is 1.97. The summed E-state index contributed by atoms with van der Waals surface area (Å²) in [5, 5.41) is 12.5. The van der Waals surface area contributed by atoms with Crippen LogP contribution in [0, 0.1) is 0 Å². The van der Waals surface area contributed by atoms with Gasteiger partial charge in [0.2, 0.25) is 0 Å². The maximum Gasteiger partial charge on any atom is 0.151 e. The number of aliphatic hydroxyl groups excluding tert-OH is 1. The lowest BCUT2D eigenvalue weighted by molar-refractivity contribution is -0.0163. The zero-order valence-corrected chi connectivity index (χ0v) is 12.3. The maximum absolute atomic E-state index is 11.2. The Labute approximate surface area is 115 Å². The van der Waals surface area contributed by atoms with Crippen LogP contribution in [0.15, 0.2) is 0 Å². The number of ether oxygens (including phenoxy) is 2. The minimum absolute atomic E-state index is 0.104. The highest BCUT2D eigenvalue weighted by atomic mass is 32.2. The van der Waals surface area contributed by atoms with Crippen molar-refractivity contribution in [3.05, 3.63) is 0 Å². The predicted octanol–water partition coefficient (Wildman–Crippen LogP) is -0.433. The van der Waals surface area contributed by atoms with Gasteiger partial charge in [-0.2, -0.15) is 0 Å². The van der Waals surface area contributed by atoms with Crippen molar-refractivity contribution >= 4 is 9.84 Å². The first-order chi connectivity index (χ1) is 9.03. The number of sulfone groups is 1. The molecular formula is C12H25NO5S. The smallest absolute Gasteiger partial charge is 0.151 e. The average molecular weight is 295 g/mol. The third-order valence-corrected chi connectivity index (χ3v) is 4.75. The lowest BCUT2D eigenvalue weighted by Gasteiger charge is -2.14. The molecule has 19 heavy (non-hydrogen) atoms. The Hall–Kier alpha value is -0.210. The van der Waals surface area contributed by atoms with Gasteiger partial charge in [-0.1, -0.05) is 6.92 Å². The molecule has 0 spiro atoms. The van der Waals surface area contributed by atoms with E-state index in [1.807, 2.05) is 0 Å². The van der Waals surface area contributed by atoms with E-state index in [-0.39, 0.29) is 24.2 Å². The van der Waals surface area contributed by atoms with Crippen LogP contribution >= 0.6 is 0 Å². The quantitative estimate of drug-likeness (QED) is 0.532. The number of rotatable bonds is 10. The lowest BCUT2D eigenvalue weighted by atomic mass is 10.2. The zero-order chi connectivity index (χ0) is 14.1. The molecular weight excluding hydrogens is 270 g/mol. The Morgan fingerprint density at radius 3 is 2.95 bits per heavy atom. The normalized spacial score (nSPS) is 21.7. The summed E-state index contributed by atoms with van der Waals surface area (Å²) in [6, 6.07) is 0. The van der Waals surface area contributed by atoms with Crippen molar-refractivity contribution in [1.82, 2.24) is 5.32 Å². The summed E-state index contributed by atoms with van der Waals surface area (Å²) < 4.78 is 33.2. The van der Waals surface area contributed by atoms with Crippen molar-refractivity contribution in [3.8, 4) is 0 Å². The molecule has 6 nitrogen and oxygen atoms in total. The van der Waals surface area contributed by atoms with Gasteiger partial charge in [0.25, 0.3) is 0 Å². The van der Waals surface area contributed by atoms with Crippen LogP contribution in [0.2, 0.25) is 0 Å². The number of nitrogens with one attached hydrogen (secondary N) is 1. The first-order valence-electron chi connectivity index (χ1n) is 6.82. The fourth-order valence-corrected chi connectivity index (χ4v) is 2.55. The summed E-state index contributed by atoms with van der Waals surface area (Å²) in [4.78, 5) is 0. The standard InChI is InChI=1S/C12H25NO5S/c1-2-19(15,16)7-5-13-8-11(14)9-17-10-12-4-3-6-18-12/h11-14H,2-10H2,1H3. The molecule has 1 heterocycles. The van der Waals surface area contributed by atoms with Crippen molar-refractivity contribution in [1.29, 1.82) is 0 Å². The summed E-state index contributed by atoms with van der Waals surface area (Å²) in [7, 11) is -2.94. The van der Waals surface area contributed by atoms with Crippen LogP contribution in [0.25, 0.3) is 0 Å². The molecule has 0 amide bonds. The molecule has 0 aromatic heterocycles. The van der Waals surface area contributed by atoms with Crippen molar-refractivity contribution in [3.63, 3.8) is 0 Å². The minimum atomic E-state index is -2.94. The minimum Gasteiger partial charge on any atom is -0.389 e. The van der Waals surface area contributed by atoms with Gasteiger partial charge >= 0.3 is 0 Å². The summed E-state index contributed by atoms with van der Waals surface area (Å²) in [5.74, 6) is 0.259. The fraction of sp³-hybridized carbons (Fsp3) is 1.00. The molecule has 2 atom stereocenters. The van der Waals surface area contributed by atoms with Crippen LogP contribution < -0.4 is 5.32 Å². The van der Waals surface area contributed by atoms with Gasteiger partial charge in [-0.25, -0.2) is 8.42 Å². The van der Waals surface area contributed by atoms with Crippen LogP contribution in [0.4, 0.5) is 0 Å². The first kappa shape index (κ1) is 16.8. The van der Waals surface area contributed by atoms with E-state index < -0.39 is 15.9 Å². The van der Waals surface area contributed by atoms with Crippen molar-refractivity contribution in [2.45, 2.75) is 32.0 Å². The zero-order valence-electron chi connectivity index (χ0n) is 11.5. The van der Waals surface area contributed by atoms with Crippen LogP contribution in [0.1, 0.15) is 19.8 Å². The highest BCUT2D eigenvalue weighted by Gasteiger charge is 2.16. The van der Waals surface area contributed by atoms with Crippen molar-refractivity contribution < 1.29 is 23.0 Å². The molecule has 2 unspecified atom stereocenters. The molecule has 1 aliphatic rings. The van der Waals surface area contributed by atoms with Gasteiger partial charge in [-0.3, -0.25) is 0 Å². The first-order valence-corrected chi connectivity index (χ1v) is 8.64. The lowest BCUT2D eigenvalue weighted by Crippen LogP contribution is -2.34. The van der Waals surface area contributed by atoms with Gasteiger partial charge in [0.1, 0.15) is 0 Å². The summed E-state index contributed by atoms with van der Waals surface area (Å²) in [5.41, 5.74) is 0. The van der Waals surface area contributed by atoms with Gasteiger partial charge < -0.3 is 19.9 Å². The van der Waals surface area contributed by atoms with E-state index in [0.717, 1.165) is 19.4 Å². The fourth-order valence-electron chi connectivity index (χ4n) is 1.81. The molecule has 0 radical (unpaired) electrons. The largest absolute Gasteiger partial charge is 0.389 e. The Bertz CT molecular complexity index is 327. The predicted molar refractivity (Wildman–Crippen MR) is 73.0 cm³/mol. The van der Waals surface area contributed by atoms with E-state index in [2.05, 4.69) is 5.32 Å². The molecule has 0 aromatic carbocycles. The molecule has 114 valence electrons. The van der Waals surface area contributed by atoms with Crippen molar-refractivity contribution in [2.75, 3.05) is 44.4 Å². The van der Waals surface area contributed by atoms with Crippen LogP contribution in [-0.2, 0) is 19.3 Å². The average Bonchev–Trinajstić information content (AvgIpc) is 2.88. The third kappa shape index (κ3) is 7.84. The molecule has 0 saturated carbocycles. The number of hydrogen-bond acceptors (Lipinski definition) is 6. The molecule has 1 fully saturated rings. The number of aliphatic hydroxyl groups is 1. The van der Waals surface area contributed by atoms with Gasteiger partial charge in [0.05, 0.1) is 31.2 Å². The molecule has 0 aliphatic carbocycles. The van der Waals surface area contributed by atoms with E-state index >= 15 is 0 Å². The Kier molecular flexibility index (Phi) is 7.86. The van der Waals surface area contributed by atoms with Crippen molar-refractivity contribution in [2.24, 2.45) is 0 Å². The van der Waals surface area contributed by atoms with E-state index in [1.165, 1.54) is 0 Å². The molecule has 1 aliphatic heterocycles. The van der Waals surface area contributed by atoms with Crippen LogP contribution in [-0.4, -0.2) is 70.1 Å². The van der Waals surface area contributed by atoms with E-state index in [4.69, 9.17) is 9.47 Å². The molecule has 0 bridgehead atoms.